The fourth-order valence-electron chi connectivity index (χ4n) is 3.74. The first kappa shape index (κ1) is 31.7. The number of nitrogens with one attached hydrogen (secondary N) is 2. The number of alkyl carbamates (subject to hydrolysis) is 1. The van der Waals surface area contributed by atoms with Crippen LogP contribution in [0.1, 0.15) is 91.8 Å². The lowest BCUT2D eigenvalue weighted by Gasteiger charge is -2.45. The van der Waals surface area contributed by atoms with E-state index in [1.807, 2.05) is 34.6 Å². The lowest BCUT2D eigenvalue weighted by atomic mass is 9.91. The highest BCUT2D eigenvalue weighted by atomic mass is 16.6. The second-order valence-corrected chi connectivity index (χ2v) is 11.2. The van der Waals surface area contributed by atoms with Gasteiger partial charge in [-0.15, -0.1) is 0 Å². The normalized spacial score (nSPS) is 13.5. The maximum Gasteiger partial charge on any atom is 0.408 e. The predicted octanol–water partition coefficient (Wildman–Crippen LogP) is 3.44. The molecule has 37 heavy (non-hydrogen) atoms. The second kappa shape index (κ2) is 12.8. The Kier molecular flexibility index (Phi) is 11.0. The number of phenols is 1. The topological polar surface area (TPSA) is 151 Å². The zero-order chi connectivity index (χ0) is 28.7. The Morgan fingerprint density at radius 3 is 2.14 bits per heavy atom. The van der Waals surface area contributed by atoms with Crippen molar-refractivity contribution < 1.29 is 29.0 Å². The number of carbonyl (C=O) groups excluding carboxylic acids is 4. The van der Waals surface area contributed by atoms with Gasteiger partial charge in [-0.05, 0) is 91.5 Å². The number of amides is 4. The average Bonchev–Trinajstić information content (AvgIpc) is 2.74. The van der Waals surface area contributed by atoms with Crippen molar-refractivity contribution in [1.29, 1.82) is 0 Å². The van der Waals surface area contributed by atoms with Crippen LogP contribution in [-0.2, 0) is 19.1 Å². The zero-order valence-corrected chi connectivity index (χ0v) is 23.6. The van der Waals surface area contributed by atoms with E-state index in [2.05, 4.69) is 10.6 Å². The predicted molar refractivity (Wildman–Crippen MR) is 142 cm³/mol. The third-order valence-corrected chi connectivity index (χ3v) is 5.90. The number of hydrogen-bond donors (Lipinski definition) is 4. The van der Waals surface area contributed by atoms with Gasteiger partial charge in [0.25, 0.3) is 0 Å². The number of primary amides is 1. The molecule has 1 rings (SSSR count). The third-order valence-electron chi connectivity index (χ3n) is 5.90. The summed E-state index contributed by atoms with van der Waals surface area (Å²) >= 11 is 0. The molecule has 4 amide bonds. The molecular formula is C27H44N4O6. The first-order valence-corrected chi connectivity index (χ1v) is 12.6. The van der Waals surface area contributed by atoms with Gasteiger partial charge >= 0.3 is 6.09 Å². The molecule has 0 aliphatic heterocycles. The molecule has 10 nitrogen and oxygen atoms in total. The van der Waals surface area contributed by atoms with Crippen LogP contribution in [0.3, 0.4) is 0 Å². The van der Waals surface area contributed by atoms with Gasteiger partial charge < -0.3 is 31.1 Å². The number of hydrogen-bond acceptors (Lipinski definition) is 6. The number of phenolic OH excluding ortho intramolecular Hbond substituents is 1. The summed E-state index contributed by atoms with van der Waals surface area (Å²) in [6, 6.07) is 2.26. The average molecular weight is 521 g/mol. The lowest BCUT2D eigenvalue weighted by molar-refractivity contribution is -0.149. The number of nitrogens with two attached hydrogens (primary N) is 1. The minimum absolute atomic E-state index is 0.0605. The summed E-state index contributed by atoms with van der Waals surface area (Å²) in [5.74, 6) is -1.55. The smallest absolute Gasteiger partial charge is 0.408 e. The van der Waals surface area contributed by atoms with Gasteiger partial charge in [-0.25, -0.2) is 4.79 Å². The van der Waals surface area contributed by atoms with Crippen molar-refractivity contribution in [3.05, 3.63) is 29.3 Å². The van der Waals surface area contributed by atoms with E-state index in [1.165, 1.54) is 11.0 Å². The summed E-state index contributed by atoms with van der Waals surface area (Å²) < 4.78 is 5.35. The Bertz CT molecular complexity index is 984. The van der Waals surface area contributed by atoms with Gasteiger partial charge in [0.1, 0.15) is 23.4 Å². The molecule has 0 heterocycles. The molecule has 1 aromatic carbocycles. The number of aromatic hydroxyl groups is 1. The quantitative estimate of drug-likeness (QED) is 0.351. The maximum absolute atomic E-state index is 14.2. The number of aryl methyl sites for hydroxylation is 1. The fraction of sp³-hybridized carbons (Fsp3) is 0.630. The summed E-state index contributed by atoms with van der Waals surface area (Å²) in [5, 5.41) is 15.5. The summed E-state index contributed by atoms with van der Waals surface area (Å²) in [6.07, 6.45) is -0.575. The van der Waals surface area contributed by atoms with Crippen molar-refractivity contribution >= 4 is 23.8 Å². The Morgan fingerprint density at radius 2 is 1.68 bits per heavy atom. The van der Waals surface area contributed by atoms with Crippen molar-refractivity contribution in [2.24, 2.45) is 5.73 Å². The Balaban J connectivity index is 3.69. The van der Waals surface area contributed by atoms with E-state index in [0.29, 0.717) is 17.5 Å². The SMILES string of the molecule is CCC(C)(C)N(C(=O)C(CCC(N)=O)NC(=O)OC(C)(C)C)C(C(=O)NC(C)C)c1ccc(O)c(C)c1. The highest BCUT2D eigenvalue weighted by molar-refractivity contribution is 5.93. The molecule has 0 fully saturated rings. The Labute approximate surface area is 220 Å². The van der Waals surface area contributed by atoms with Crippen LogP contribution in [0.4, 0.5) is 4.79 Å². The van der Waals surface area contributed by atoms with Crippen LogP contribution in [0.5, 0.6) is 5.75 Å². The van der Waals surface area contributed by atoms with Crippen LogP contribution >= 0.6 is 0 Å². The van der Waals surface area contributed by atoms with Gasteiger partial charge in [-0.3, -0.25) is 14.4 Å². The first-order valence-electron chi connectivity index (χ1n) is 12.6. The minimum Gasteiger partial charge on any atom is -0.508 e. The molecule has 10 heteroatoms. The van der Waals surface area contributed by atoms with Crippen molar-refractivity contribution in [3.63, 3.8) is 0 Å². The highest BCUT2D eigenvalue weighted by Gasteiger charge is 2.43. The van der Waals surface area contributed by atoms with Crippen LogP contribution in [-0.4, -0.2) is 57.0 Å². The monoisotopic (exact) mass is 520 g/mol. The van der Waals surface area contributed by atoms with Crippen molar-refractivity contribution in [1.82, 2.24) is 15.5 Å². The molecule has 5 N–H and O–H groups in total. The van der Waals surface area contributed by atoms with Crippen molar-refractivity contribution in [2.75, 3.05) is 0 Å². The van der Waals surface area contributed by atoms with Gasteiger partial charge in [0.05, 0.1) is 0 Å². The molecule has 1 aromatic rings. The summed E-state index contributed by atoms with van der Waals surface area (Å²) in [4.78, 5) is 53.5. The van der Waals surface area contributed by atoms with E-state index in [0.717, 1.165) is 0 Å². The van der Waals surface area contributed by atoms with Gasteiger partial charge in [0.15, 0.2) is 0 Å². The van der Waals surface area contributed by atoms with E-state index >= 15 is 0 Å². The maximum atomic E-state index is 14.2. The molecule has 0 saturated heterocycles. The van der Waals surface area contributed by atoms with E-state index in [9.17, 15) is 24.3 Å². The van der Waals surface area contributed by atoms with Gasteiger partial charge in [0.2, 0.25) is 17.7 Å². The number of nitrogens with zero attached hydrogens (tertiary/aromatic N) is 1. The molecule has 208 valence electrons. The van der Waals surface area contributed by atoms with Gasteiger partial charge in [0, 0.05) is 18.0 Å². The number of benzene rings is 1. The van der Waals surface area contributed by atoms with Crippen LogP contribution in [0.2, 0.25) is 0 Å². The fourth-order valence-corrected chi connectivity index (χ4v) is 3.74. The third kappa shape index (κ3) is 9.59. The van der Waals surface area contributed by atoms with E-state index < -0.39 is 47.0 Å². The molecule has 0 bridgehead atoms. The molecule has 0 aliphatic carbocycles. The molecule has 0 aliphatic rings. The number of rotatable bonds is 11. The Hall–Kier alpha value is -3.30. The minimum atomic E-state index is -1.18. The summed E-state index contributed by atoms with van der Waals surface area (Å²) in [7, 11) is 0. The highest BCUT2D eigenvalue weighted by Crippen LogP contribution is 2.34. The largest absolute Gasteiger partial charge is 0.508 e. The van der Waals surface area contributed by atoms with E-state index in [-0.39, 0.29) is 24.6 Å². The summed E-state index contributed by atoms with van der Waals surface area (Å²) in [6.45, 7) is 15.9. The number of carbonyl (C=O) groups is 4. The van der Waals surface area contributed by atoms with Crippen LogP contribution in [0, 0.1) is 6.92 Å². The Morgan fingerprint density at radius 1 is 1.08 bits per heavy atom. The molecule has 0 aromatic heterocycles. The van der Waals surface area contributed by atoms with Crippen molar-refractivity contribution in [2.45, 2.75) is 111 Å². The molecular weight excluding hydrogens is 476 g/mol. The lowest BCUT2D eigenvalue weighted by Crippen LogP contribution is -2.59. The van der Waals surface area contributed by atoms with E-state index in [1.54, 1.807) is 39.8 Å². The number of ether oxygens (including phenoxy) is 1. The van der Waals surface area contributed by atoms with Crippen LogP contribution in [0.15, 0.2) is 18.2 Å². The molecule has 2 atom stereocenters. The van der Waals surface area contributed by atoms with Gasteiger partial charge in [-0.1, -0.05) is 13.0 Å². The van der Waals surface area contributed by atoms with Crippen LogP contribution < -0.4 is 16.4 Å². The zero-order valence-electron chi connectivity index (χ0n) is 23.6. The summed E-state index contributed by atoms with van der Waals surface area (Å²) in [5.41, 5.74) is 4.73. The molecule has 0 saturated carbocycles. The molecule has 0 spiro atoms. The molecule has 2 unspecified atom stereocenters. The van der Waals surface area contributed by atoms with Crippen molar-refractivity contribution in [3.8, 4) is 5.75 Å². The molecule has 0 radical (unpaired) electrons. The van der Waals surface area contributed by atoms with E-state index in [4.69, 9.17) is 10.5 Å². The van der Waals surface area contributed by atoms with Gasteiger partial charge in [-0.2, -0.15) is 0 Å². The second-order valence-electron chi connectivity index (χ2n) is 11.2. The van der Waals surface area contributed by atoms with Crippen LogP contribution in [0.25, 0.3) is 0 Å². The first-order chi connectivity index (χ1) is 16.9. The standard InChI is InChI=1S/C27H44N4O6/c1-10-27(8,9)31(22(23(34)29-16(2)3)18-11-13-20(32)17(4)15-18)24(35)19(12-14-21(28)33)30-25(36)37-26(5,6)7/h11,13,15-16,19,22,32H,10,12,14H2,1-9H3,(H2,28,33)(H,29,34)(H,30,36).